The number of carboxylic acid groups (broad SMARTS) is 1. The zero-order valence-corrected chi connectivity index (χ0v) is 14.4. The molecule has 2 rings (SSSR count). The Kier molecular flexibility index (Phi) is 6.23. The lowest BCUT2D eigenvalue weighted by molar-refractivity contribution is -0.165. The molecular weight excluding hydrogens is 352 g/mol. The summed E-state index contributed by atoms with van der Waals surface area (Å²) in [6, 6.07) is 1.64. The summed E-state index contributed by atoms with van der Waals surface area (Å²) in [5, 5.41) is 9.24. The fourth-order valence-corrected chi connectivity index (χ4v) is 2.94. The van der Waals surface area contributed by atoms with Crippen molar-refractivity contribution < 1.29 is 24.1 Å². The Morgan fingerprint density at radius 3 is 2.82 bits per heavy atom. The third kappa shape index (κ3) is 4.21. The first-order valence-electron chi connectivity index (χ1n) is 7.39. The fourth-order valence-electron chi connectivity index (χ4n) is 2.41. The van der Waals surface area contributed by atoms with Gasteiger partial charge in [-0.3, -0.25) is 0 Å². The van der Waals surface area contributed by atoms with Gasteiger partial charge < -0.3 is 19.3 Å². The molecule has 1 aromatic carbocycles. The Bertz CT molecular complexity index is 538. The predicted molar refractivity (Wildman–Crippen MR) is 85.6 cm³/mol. The fraction of sp³-hybridized carbons (Fsp3) is 0.562. The third-order valence-corrected chi connectivity index (χ3v) is 4.64. The molecule has 0 spiro atoms. The van der Waals surface area contributed by atoms with Crippen LogP contribution < -0.4 is 4.74 Å². The average molecular weight is 373 g/mol. The number of aryl methyl sites for hydroxylation is 1. The van der Waals surface area contributed by atoms with E-state index in [4.69, 9.17) is 14.2 Å². The number of ether oxygens (including phenoxy) is 3. The van der Waals surface area contributed by atoms with Gasteiger partial charge in [-0.05, 0) is 60.7 Å². The van der Waals surface area contributed by atoms with Crippen LogP contribution in [0.1, 0.15) is 40.7 Å². The van der Waals surface area contributed by atoms with Gasteiger partial charge in [0, 0.05) is 12.2 Å². The number of aromatic carboxylic acids is 1. The summed E-state index contributed by atoms with van der Waals surface area (Å²) in [5.41, 5.74) is 1.70. The summed E-state index contributed by atoms with van der Waals surface area (Å²) in [6.45, 7) is 5.09. The van der Waals surface area contributed by atoms with Crippen molar-refractivity contribution in [2.75, 3.05) is 19.8 Å². The van der Waals surface area contributed by atoms with E-state index in [9.17, 15) is 9.90 Å². The molecule has 122 valence electrons. The molecule has 1 aliphatic rings. The van der Waals surface area contributed by atoms with E-state index in [1.54, 1.807) is 13.0 Å². The Hall–Kier alpha value is -1.11. The van der Waals surface area contributed by atoms with Crippen molar-refractivity contribution in [1.29, 1.82) is 0 Å². The van der Waals surface area contributed by atoms with Crippen LogP contribution in [0.5, 0.6) is 5.75 Å². The van der Waals surface area contributed by atoms with Crippen LogP contribution in [-0.2, 0) is 9.47 Å². The largest absolute Gasteiger partial charge is 0.490 e. The average Bonchev–Trinajstić information content (AvgIpc) is 2.51. The van der Waals surface area contributed by atoms with Gasteiger partial charge in [-0.1, -0.05) is 0 Å². The minimum atomic E-state index is -0.954. The lowest BCUT2D eigenvalue weighted by Crippen LogP contribution is -2.24. The molecule has 22 heavy (non-hydrogen) atoms. The van der Waals surface area contributed by atoms with E-state index in [-0.39, 0.29) is 11.9 Å². The van der Waals surface area contributed by atoms with Crippen molar-refractivity contribution >= 4 is 21.9 Å². The van der Waals surface area contributed by atoms with Crippen molar-refractivity contribution in [3.05, 3.63) is 27.2 Å². The molecular formula is C16H21BrO5. The molecule has 0 bridgehead atoms. The Balaban J connectivity index is 1.95. The monoisotopic (exact) mass is 372 g/mol. The van der Waals surface area contributed by atoms with E-state index in [1.165, 1.54) is 0 Å². The van der Waals surface area contributed by atoms with Gasteiger partial charge in [-0.15, -0.1) is 0 Å². The highest BCUT2D eigenvalue weighted by atomic mass is 79.9. The van der Waals surface area contributed by atoms with Gasteiger partial charge in [-0.2, -0.15) is 0 Å². The quantitative estimate of drug-likeness (QED) is 0.771. The van der Waals surface area contributed by atoms with E-state index >= 15 is 0 Å². The molecule has 1 heterocycles. The zero-order valence-electron chi connectivity index (χ0n) is 12.9. The van der Waals surface area contributed by atoms with Gasteiger partial charge >= 0.3 is 5.97 Å². The summed E-state index contributed by atoms with van der Waals surface area (Å²) in [5.74, 6) is -0.393. The molecule has 5 nitrogen and oxygen atoms in total. The van der Waals surface area contributed by atoms with Crippen molar-refractivity contribution in [3.63, 3.8) is 0 Å². The molecule has 1 fully saturated rings. The van der Waals surface area contributed by atoms with Gasteiger partial charge in [0.15, 0.2) is 6.29 Å². The van der Waals surface area contributed by atoms with Crippen LogP contribution in [0, 0.1) is 13.8 Å². The first-order chi connectivity index (χ1) is 10.5. The van der Waals surface area contributed by atoms with E-state index < -0.39 is 5.97 Å². The first-order valence-corrected chi connectivity index (χ1v) is 8.19. The highest BCUT2D eigenvalue weighted by molar-refractivity contribution is 9.10. The minimum absolute atomic E-state index is 0.144. The standard InChI is InChI=1S/C16H21BrO5/c1-10-9-12(16(18)19)11(2)15(14(10)17)22-8-7-21-13-5-3-4-6-20-13/h9,13H,3-8H2,1-2H3,(H,18,19). The number of rotatable bonds is 6. The molecule has 0 amide bonds. The number of halogens is 1. The second-order valence-corrected chi connectivity index (χ2v) is 6.12. The number of hydrogen-bond acceptors (Lipinski definition) is 4. The minimum Gasteiger partial charge on any atom is -0.490 e. The molecule has 0 radical (unpaired) electrons. The van der Waals surface area contributed by atoms with Crippen LogP contribution in [0.2, 0.25) is 0 Å². The molecule has 1 saturated heterocycles. The molecule has 1 aromatic rings. The topological polar surface area (TPSA) is 65.0 Å². The number of hydrogen-bond donors (Lipinski definition) is 1. The Morgan fingerprint density at radius 1 is 1.41 bits per heavy atom. The van der Waals surface area contributed by atoms with Gasteiger partial charge in [0.25, 0.3) is 0 Å². The van der Waals surface area contributed by atoms with Crippen LogP contribution in [0.15, 0.2) is 10.5 Å². The lowest BCUT2D eigenvalue weighted by atomic mass is 10.0. The van der Waals surface area contributed by atoms with Crippen molar-refractivity contribution in [2.45, 2.75) is 39.4 Å². The van der Waals surface area contributed by atoms with E-state index in [2.05, 4.69) is 15.9 Å². The molecule has 1 atom stereocenters. The third-order valence-electron chi connectivity index (χ3n) is 3.65. The molecule has 0 aliphatic carbocycles. The molecule has 6 heteroatoms. The highest BCUT2D eigenvalue weighted by Gasteiger charge is 2.18. The van der Waals surface area contributed by atoms with Crippen LogP contribution in [0.3, 0.4) is 0 Å². The molecule has 1 aliphatic heterocycles. The first kappa shape index (κ1) is 17.2. The molecule has 1 N–H and O–H groups in total. The number of carboxylic acids is 1. The maximum atomic E-state index is 11.3. The van der Waals surface area contributed by atoms with Crippen molar-refractivity contribution in [3.8, 4) is 5.75 Å². The van der Waals surface area contributed by atoms with Crippen LogP contribution >= 0.6 is 15.9 Å². The zero-order chi connectivity index (χ0) is 16.1. The SMILES string of the molecule is Cc1cc(C(=O)O)c(C)c(OCCOC2CCCCO2)c1Br. The van der Waals surface area contributed by atoms with Gasteiger partial charge in [0.05, 0.1) is 16.6 Å². The molecule has 0 aromatic heterocycles. The number of benzene rings is 1. The Labute approximate surface area is 138 Å². The summed E-state index contributed by atoms with van der Waals surface area (Å²) >= 11 is 3.46. The maximum Gasteiger partial charge on any atom is 0.336 e. The van der Waals surface area contributed by atoms with Crippen molar-refractivity contribution in [1.82, 2.24) is 0 Å². The predicted octanol–water partition coefficient (Wildman–Crippen LogP) is 3.69. The van der Waals surface area contributed by atoms with Crippen LogP contribution in [0.25, 0.3) is 0 Å². The van der Waals surface area contributed by atoms with E-state index in [0.29, 0.717) is 24.5 Å². The van der Waals surface area contributed by atoms with E-state index in [1.807, 2.05) is 6.92 Å². The van der Waals surface area contributed by atoms with Crippen LogP contribution in [0.4, 0.5) is 0 Å². The smallest absolute Gasteiger partial charge is 0.336 e. The Morgan fingerprint density at radius 2 is 2.18 bits per heavy atom. The van der Waals surface area contributed by atoms with Gasteiger partial charge in [0.1, 0.15) is 12.4 Å². The summed E-state index contributed by atoms with van der Waals surface area (Å²) in [7, 11) is 0. The summed E-state index contributed by atoms with van der Waals surface area (Å²) in [4.78, 5) is 11.3. The van der Waals surface area contributed by atoms with Crippen molar-refractivity contribution in [2.24, 2.45) is 0 Å². The van der Waals surface area contributed by atoms with E-state index in [0.717, 1.165) is 35.9 Å². The summed E-state index contributed by atoms with van der Waals surface area (Å²) < 4.78 is 17.6. The second kappa shape index (κ2) is 7.94. The van der Waals surface area contributed by atoms with Crippen LogP contribution in [-0.4, -0.2) is 37.2 Å². The molecule has 1 unspecified atom stereocenters. The highest BCUT2D eigenvalue weighted by Crippen LogP contribution is 2.34. The normalized spacial score (nSPS) is 18.2. The number of carbonyl (C=O) groups is 1. The summed E-state index contributed by atoms with van der Waals surface area (Å²) in [6.07, 6.45) is 2.98. The maximum absolute atomic E-state index is 11.3. The molecule has 0 saturated carbocycles. The lowest BCUT2D eigenvalue weighted by Gasteiger charge is -2.23. The van der Waals surface area contributed by atoms with Gasteiger partial charge in [0.2, 0.25) is 0 Å². The second-order valence-electron chi connectivity index (χ2n) is 5.33. The van der Waals surface area contributed by atoms with Gasteiger partial charge in [-0.25, -0.2) is 4.79 Å².